The van der Waals surface area contributed by atoms with Gasteiger partial charge in [-0.05, 0) is 0 Å². The van der Waals surface area contributed by atoms with Gasteiger partial charge in [0.25, 0.3) is 0 Å². The molecule has 0 atom stereocenters. The number of carbonyl (C=O) groups is 1. The summed E-state index contributed by atoms with van der Waals surface area (Å²) in [6, 6.07) is 0. The second-order valence-electron chi connectivity index (χ2n) is 2.77. The summed E-state index contributed by atoms with van der Waals surface area (Å²) < 4.78 is 0. The molecule has 4 heteroatoms. The van der Waals surface area contributed by atoms with Gasteiger partial charge in [-0.15, -0.1) is 22.9 Å². The molecule has 2 nitrogen and oxygen atoms in total. The number of alkyl halides is 1. The van der Waals surface area contributed by atoms with Gasteiger partial charge < -0.3 is 0 Å². The maximum atomic E-state index is 11.1. The zero-order valence-corrected chi connectivity index (χ0v) is 8.58. The Morgan fingerprint density at radius 2 is 2.42 bits per heavy atom. The Kier molecular flexibility index (Phi) is 3.23. The highest BCUT2D eigenvalue weighted by Gasteiger charge is 2.10. The third-order valence-electron chi connectivity index (χ3n) is 1.41. The molecule has 1 aromatic heterocycles. The van der Waals surface area contributed by atoms with E-state index in [0.717, 1.165) is 5.01 Å². The normalized spacial score (nSPS) is 10.7. The summed E-state index contributed by atoms with van der Waals surface area (Å²) in [6.07, 6.45) is 1.60. The minimum absolute atomic E-state index is 0.0407. The van der Waals surface area contributed by atoms with E-state index in [9.17, 15) is 4.79 Å². The lowest BCUT2D eigenvalue weighted by atomic mass is 10.2. The molecule has 0 spiro atoms. The van der Waals surface area contributed by atoms with Crippen molar-refractivity contribution in [3.05, 3.63) is 16.1 Å². The fourth-order valence-electron chi connectivity index (χ4n) is 0.749. The van der Waals surface area contributed by atoms with Gasteiger partial charge >= 0.3 is 0 Å². The highest BCUT2D eigenvalue weighted by Crippen LogP contribution is 2.21. The van der Waals surface area contributed by atoms with Gasteiger partial charge in [-0.3, -0.25) is 4.79 Å². The van der Waals surface area contributed by atoms with Crippen molar-refractivity contribution in [1.29, 1.82) is 0 Å². The lowest BCUT2D eigenvalue weighted by Crippen LogP contribution is -1.95. The van der Waals surface area contributed by atoms with Crippen LogP contribution in [0.1, 0.15) is 34.4 Å². The topological polar surface area (TPSA) is 30.0 Å². The molecule has 1 heterocycles. The minimum Gasteiger partial charge on any atom is -0.292 e. The van der Waals surface area contributed by atoms with Gasteiger partial charge in [0.1, 0.15) is 0 Å². The average molecular weight is 204 g/mol. The number of carbonyl (C=O) groups excluding carboxylic acids is 1. The first-order valence-electron chi connectivity index (χ1n) is 3.70. The van der Waals surface area contributed by atoms with Crippen molar-refractivity contribution >= 4 is 28.7 Å². The highest BCUT2D eigenvalue weighted by atomic mass is 35.5. The van der Waals surface area contributed by atoms with E-state index in [1.165, 1.54) is 11.3 Å². The summed E-state index contributed by atoms with van der Waals surface area (Å²) >= 11 is 6.83. The van der Waals surface area contributed by atoms with Crippen molar-refractivity contribution in [2.75, 3.05) is 5.88 Å². The molecular weight excluding hydrogens is 194 g/mol. The van der Waals surface area contributed by atoms with E-state index in [2.05, 4.69) is 4.98 Å². The SMILES string of the molecule is CC(C)c1ncc(C(=O)CCl)s1. The molecule has 0 radical (unpaired) electrons. The molecule has 0 saturated carbocycles. The summed E-state index contributed by atoms with van der Waals surface area (Å²) in [5, 5.41) is 0.989. The van der Waals surface area contributed by atoms with Crippen LogP contribution in [0.2, 0.25) is 0 Å². The van der Waals surface area contributed by atoms with Gasteiger partial charge in [0.2, 0.25) is 0 Å². The minimum atomic E-state index is -0.0407. The molecular formula is C8H10ClNOS. The summed E-state index contributed by atoms with van der Waals surface area (Å²) in [7, 11) is 0. The molecule has 0 amide bonds. The van der Waals surface area contributed by atoms with Crippen molar-refractivity contribution in [3.8, 4) is 0 Å². The monoisotopic (exact) mass is 203 g/mol. The molecule has 66 valence electrons. The van der Waals surface area contributed by atoms with Crippen LogP contribution in [0.25, 0.3) is 0 Å². The van der Waals surface area contributed by atoms with Crippen LogP contribution in [0.15, 0.2) is 6.20 Å². The van der Waals surface area contributed by atoms with Crippen LogP contribution >= 0.6 is 22.9 Å². The molecule has 0 unspecified atom stereocenters. The lowest BCUT2D eigenvalue weighted by Gasteiger charge is -1.94. The molecule has 0 aliphatic carbocycles. The van der Waals surface area contributed by atoms with Crippen LogP contribution in [-0.4, -0.2) is 16.6 Å². The number of nitrogens with zero attached hydrogens (tertiary/aromatic N) is 1. The van der Waals surface area contributed by atoms with Gasteiger partial charge in [-0.25, -0.2) is 4.98 Å². The first-order valence-corrected chi connectivity index (χ1v) is 5.05. The second kappa shape index (κ2) is 4.01. The number of rotatable bonds is 3. The molecule has 0 aliphatic rings. The van der Waals surface area contributed by atoms with Gasteiger partial charge in [0.15, 0.2) is 5.78 Å². The van der Waals surface area contributed by atoms with Crippen molar-refractivity contribution < 1.29 is 4.79 Å². The third kappa shape index (κ3) is 2.05. The van der Waals surface area contributed by atoms with Gasteiger partial charge in [-0.2, -0.15) is 0 Å². The molecule has 0 aliphatic heterocycles. The zero-order valence-electron chi connectivity index (χ0n) is 7.00. The van der Waals surface area contributed by atoms with Crippen molar-refractivity contribution in [2.45, 2.75) is 19.8 Å². The molecule has 1 aromatic rings. The van der Waals surface area contributed by atoms with E-state index >= 15 is 0 Å². The lowest BCUT2D eigenvalue weighted by molar-refractivity contribution is 0.102. The predicted octanol–water partition coefficient (Wildman–Crippen LogP) is 2.69. The Balaban J connectivity index is 2.84. The first-order chi connectivity index (χ1) is 5.65. The van der Waals surface area contributed by atoms with Gasteiger partial charge in [0.05, 0.1) is 15.8 Å². The van der Waals surface area contributed by atoms with E-state index in [0.29, 0.717) is 10.8 Å². The van der Waals surface area contributed by atoms with Crippen LogP contribution in [0, 0.1) is 0 Å². The van der Waals surface area contributed by atoms with E-state index in [1.54, 1.807) is 6.20 Å². The molecule has 1 rings (SSSR count). The van der Waals surface area contributed by atoms with E-state index < -0.39 is 0 Å². The summed E-state index contributed by atoms with van der Waals surface area (Å²) in [6.45, 7) is 4.10. The maximum Gasteiger partial charge on any atom is 0.189 e. The largest absolute Gasteiger partial charge is 0.292 e. The number of halogens is 1. The fraction of sp³-hybridized carbons (Fsp3) is 0.500. The van der Waals surface area contributed by atoms with E-state index in [4.69, 9.17) is 11.6 Å². The standard InChI is InChI=1S/C8H10ClNOS/c1-5(2)8-10-4-7(12-8)6(11)3-9/h4-5H,3H2,1-2H3. The number of Topliss-reactive ketones (excluding diaryl/α,β-unsaturated/α-hetero) is 1. The summed E-state index contributed by atoms with van der Waals surface area (Å²) in [5.41, 5.74) is 0. The summed E-state index contributed by atoms with van der Waals surface area (Å²) in [4.78, 5) is 15.9. The molecule has 0 fully saturated rings. The maximum absolute atomic E-state index is 11.1. The number of hydrogen-bond donors (Lipinski definition) is 0. The molecule has 12 heavy (non-hydrogen) atoms. The van der Waals surface area contributed by atoms with Crippen molar-refractivity contribution in [1.82, 2.24) is 4.98 Å². The number of ketones is 1. The number of hydrogen-bond acceptors (Lipinski definition) is 3. The van der Waals surface area contributed by atoms with Crippen LogP contribution in [0.4, 0.5) is 0 Å². The predicted molar refractivity (Wildman–Crippen MR) is 51.3 cm³/mol. The number of aromatic nitrogens is 1. The van der Waals surface area contributed by atoms with E-state index in [-0.39, 0.29) is 11.7 Å². The Labute approximate surface area is 80.6 Å². The highest BCUT2D eigenvalue weighted by molar-refractivity contribution is 7.13. The zero-order chi connectivity index (χ0) is 9.14. The van der Waals surface area contributed by atoms with Crippen LogP contribution in [0.3, 0.4) is 0 Å². The Bertz CT molecular complexity index is 282. The quantitative estimate of drug-likeness (QED) is 0.559. The fourth-order valence-corrected chi connectivity index (χ4v) is 1.83. The average Bonchev–Trinajstić information content (AvgIpc) is 2.51. The number of thiazole rings is 1. The second-order valence-corrected chi connectivity index (χ2v) is 4.10. The van der Waals surface area contributed by atoms with Crippen LogP contribution in [-0.2, 0) is 0 Å². The van der Waals surface area contributed by atoms with Crippen LogP contribution < -0.4 is 0 Å². The van der Waals surface area contributed by atoms with E-state index in [1.807, 2.05) is 13.8 Å². The van der Waals surface area contributed by atoms with Crippen molar-refractivity contribution in [3.63, 3.8) is 0 Å². The smallest absolute Gasteiger partial charge is 0.189 e. The molecule has 0 bridgehead atoms. The molecule has 0 saturated heterocycles. The molecule has 0 N–H and O–H groups in total. The Hall–Kier alpha value is -0.410. The van der Waals surface area contributed by atoms with Crippen LogP contribution in [0.5, 0.6) is 0 Å². The molecule has 0 aromatic carbocycles. The van der Waals surface area contributed by atoms with Gasteiger partial charge in [0, 0.05) is 12.1 Å². The van der Waals surface area contributed by atoms with Crippen molar-refractivity contribution in [2.24, 2.45) is 0 Å². The first kappa shape index (κ1) is 9.68. The third-order valence-corrected chi connectivity index (χ3v) is 3.00. The summed E-state index contributed by atoms with van der Waals surface area (Å²) in [5.74, 6) is 0.382. The Morgan fingerprint density at radius 1 is 1.75 bits per heavy atom. The van der Waals surface area contributed by atoms with Gasteiger partial charge in [-0.1, -0.05) is 13.8 Å². The Morgan fingerprint density at radius 3 is 2.83 bits per heavy atom.